The molecule has 4 heteroatoms. The van der Waals surface area contributed by atoms with Crippen molar-refractivity contribution in [3.8, 4) is 0 Å². The fraction of sp³-hybridized carbons (Fsp3) is 0.304. The molecule has 1 aliphatic rings. The lowest BCUT2D eigenvalue weighted by Gasteiger charge is -2.27. The molecule has 0 saturated heterocycles. The summed E-state index contributed by atoms with van der Waals surface area (Å²) in [6.45, 7) is 7.92. The standard InChI is InChI=1S/C23H25NO3/c1-5-19(25)20-21(17-8-6-7-15(4)13-17)24(23(27)22(20)26)18-11-9-16(10-12-18)14(2)3/h6-14,21,26H,5H2,1-4H3. The van der Waals surface area contributed by atoms with Crippen molar-refractivity contribution >= 4 is 17.4 Å². The smallest absolute Gasteiger partial charge is 0.294 e. The minimum Gasteiger partial charge on any atom is -0.503 e. The van der Waals surface area contributed by atoms with Crippen LogP contribution in [0.2, 0.25) is 0 Å². The maximum atomic E-state index is 12.9. The number of aryl methyl sites for hydroxylation is 1. The van der Waals surface area contributed by atoms with Gasteiger partial charge in [0.15, 0.2) is 11.5 Å². The van der Waals surface area contributed by atoms with E-state index in [4.69, 9.17) is 0 Å². The highest BCUT2D eigenvalue weighted by Crippen LogP contribution is 2.41. The average molecular weight is 363 g/mol. The van der Waals surface area contributed by atoms with E-state index in [0.717, 1.165) is 11.1 Å². The van der Waals surface area contributed by atoms with Crippen molar-refractivity contribution in [3.05, 3.63) is 76.6 Å². The van der Waals surface area contributed by atoms with Crippen LogP contribution >= 0.6 is 0 Å². The van der Waals surface area contributed by atoms with Crippen molar-refractivity contribution in [2.75, 3.05) is 4.90 Å². The fourth-order valence-corrected chi connectivity index (χ4v) is 3.52. The van der Waals surface area contributed by atoms with E-state index in [2.05, 4.69) is 13.8 Å². The Hall–Kier alpha value is -2.88. The number of carbonyl (C=O) groups is 2. The number of carbonyl (C=O) groups excluding carboxylic acids is 2. The number of nitrogens with zero attached hydrogens (tertiary/aromatic N) is 1. The van der Waals surface area contributed by atoms with Gasteiger partial charge in [-0.15, -0.1) is 0 Å². The van der Waals surface area contributed by atoms with Crippen LogP contribution in [-0.2, 0) is 9.59 Å². The molecule has 4 nitrogen and oxygen atoms in total. The van der Waals surface area contributed by atoms with Gasteiger partial charge < -0.3 is 5.11 Å². The zero-order valence-electron chi connectivity index (χ0n) is 16.2. The number of hydrogen-bond acceptors (Lipinski definition) is 3. The van der Waals surface area contributed by atoms with Gasteiger partial charge >= 0.3 is 0 Å². The summed E-state index contributed by atoms with van der Waals surface area (Å²) in [5.74, 6) is -0.810. The largest absolute Gasteiger partial charge is 0.503 e. The lowest BCUT2D eigenvalue weighted by Crippen LogP contribution is -2.31. The third kappa shape index (κ3) is 3.39. The molecule has 0 spiro atoms. The Morgan fingerprint density at radius 3 is 2.37 bits per heavy atom. The average Bonchev–Trinajstić information content (AvgIpc) is 2.92. The first kappa shape index (κ1) is 18.9. The predicted molar refractivity (Wildman–Crippen MR) is 107 cm³/mol. The normalized spacial score (nSPS) is 17.1. The minimum atomic E-state index is -0.616. The van der Waals surface area contributed by atoms with Gasteiger partial charge in [-0.1, -0.05) is 62.7 Å². The molecule has 1 aliphatic heterocycles. The van der Waals surface area contributed by atoms with Crippen molar-refractivity contribution in [1.29, 1.82) is 0 Å². The molecule has 0 aliphatic carbocycles. The number of anilines is 1. The first-order valence-electron chi connectivity index (χ1n) is 9.31. The molecular formula is C23H25NO3. The summed E-state index contributed by atoms with van der Waals surface area (Å²) < 4.78 is 0. The van der Waals surface area contributed by atoms with Crippen LogP contribution in [0.1, 0.15) is 55.8 Å². The molecule has 2 aromatic rings. The van der Waals surface area contributed by atoms with Gasteiger partial charge in [0.1, 0.15) is 0 Å². The molecule has 1 N–H and O–H groups in total. The summed E-state index contributed by atoms with van der Waals surface area (Å²) in [6.07, 6.45) is 0.231. The molecule has 0 saturated carbocycles. The van der Waals surface area contributed by atoms with Gasteiger partial charge in [-0.25, -0.2) is 0 Å². The van der Waals surface area contributed by atoms with Crippen LogP contribution < -0.4 is 4.90 Å². The van der Waals surface area contributed by atoms with E-state index in [9.17, 15) is 14.7 Å². The highest BCUT2D eigenvalue weighted by Gasteiger charge is 2.43. The van der Waals surface area contributed by atoms with Crippen molar-refractivity contribution in [2.24, 2.45) is 0 Å². The number of Topliss-reactive ketones (excluding diaryl/α,β-unsaturated/α-hetero) is 1. The van der Waals surface area contributed by atoms with Crippen LogP contribution in [0.4, 0.5) is 5.69 Å². The Balaban J connectivity index is 2.14. The van der Waals surface area contributed by atoms with Crippen LogP contribution in [0.15, 0.2) is 59.9 Å². The Labute approximate surface area is 160 Å². The van der Waals surface area contributed by atoms with Crippen LogP contribution in [0, 0.1) is 6.92 Å². The maximum Gasteiger partial charge on any atom is 0.294 e. The molecular weight excluding hydrogens is 338 g/mol. The summed E-state index contributed by atoms with van der Waals surface area (Å²) in [5, 5.41) is 10.5. The van der Waals surface area contributed by atoms with E-state index < -0.39 is 17.7 Å². The molecule has 27 heavy (non-hydrogen) atoms. The van der Waals surface area contributed by atoms with Crippen LogP contribution in [0.25, 0.3) is 0 Å². The predicted octanol–water partition coefficient (Wildman–Crippen LogP) is 5.00. The van der Waals surface area contributed by atoms with E-state index in [1.54, 1.807) is 6.92 Å². The molecule has 1 unspecified atom stereocenters. The van der Waals surface area contributed by atoms with Gasteiger partial charge in [-0.3, -0.25) is 14.5 Å². The van der Waals surface area contributed by atoms with E-state index in [0.29, 0.717) is 11.6 Å². The Bertz CT molecular complexity index is 909. The quantitative estimate of drug-likeness (QED) is 0.813. The highest BCUT2D eigenvalue weighted by atomic mass is 16.3. The lowest BCUT2D eigenvalue weighted by molar-refractivity contribution is -0.118. The summed E-state index contributed by atoms with van der Waals surface area (Å²) in [4.78, 5) is 27.0. The first-order valence-corrected chi connectivity index (χ1v) is 9.31. The molecule has 2 aromatic carbocycles. The fourth-order valence-electron chi connectivity index (χ4n) is 3.52. The highest BCUT2D eigenvalue weighted by molar-refractivity contribution is 6.16. The van der Waals surface area contributed by atoms with E-state index in [-0.39, 0.29) is 17.8 Å². The molecule has 3 rings (SSSR count). The number of ketones is 1. The number of benzene rings is 2. The second kappa shape index (κ2) is 7.39. The van der Waals surface area contributed by atoms with Crippen LogP contribution in [-0.4, -0.2) is 16.8 Å². The van der Waals surface area contributed by atoms with E-state index in [1.807, 2.05) is 55.5 Å². The number of amides is 1. The summed E-state index contributed by atoms with van der Waals surface area (Å²) in [7, 11) is 0. The zero-order valence-corrected chi connectivity index (χ0v) is 16.2. The van der Waals surface area contributed by atoms with Crippen molar-refractivity contribution in [3.63, 3.8) is 0 Å². The molecule has 0 bridgehead atoms. The third-order valence-corrected chi connectivity index (χ3v) is 5.03. The molecule has 140 valence electrons. The second-order valence-electron chi connectivity index (χ2n) is 7.28. The topological polar surface area (TPSA) is 57.6 Å². The molecule has 1 amide bonds. The van der Waals surface area contributed by atoms with Crippen molar-refractivity contribution in [2.45, 2.75) is 46.1 Å². The molecule has 1 atom stereocenters. The Morgan fingerprint density at radius 2 is 1.81 bits per heavy atom. The van der Waals surface area contributed by atoms with E-state index >= 15 is 0 Å². The van der Waals surface area contributed by atoms with E-state index in [1.165, 1.54) is 10.5 Å². The summed E-state index contributed by atoms with van der Waals surface area (Å²) >= 11 is 0. The van der Waals surface area contributed by atoms with Gasteiger partial charge in [-0.05, 0) is 36.1 Å². The Morgan fingerprint density at radius 1 is 1.15 bits per heavy atom. The SMILES string of the molecule is CCC(=O)C1=C(O)C(=O)N(c2ccc(C(C)C)cc2)C1c1cccc(C)c1. The van der Waals surface area contributed by atoms with Crippen LogP contribution in [0.3, 0.4) is 0 Å². The summed E-state index contributed by atoms with van der Waals surface area (Å²) in [6, 6.07) is 14.8. The van der Waals surface area contributed by atoms with Gasteiger partial charge in [0.05, 0.1) is 11.6 Å². The Kier molecular flexibility index (Phi) is 5.17. The molecule has 1 heterocycles. The second-order valence-corrected chi connectivity index (χ2v) is 7.28. The van der Waals surface area contributed by atoms with Crippen molar-refractivity contribution < 1.29 is 14.7 Å². The van der Waals surface area contributed by atoms with Crippen molar-refractivity contribution in [1.82, 2.24) is 0 Å². The molecule has 0 fully saturated rings. The monoisotopic (exact) mass is 363 g/mol. The van der Waals surface area contributed by atoms with Gasteiger partial charge in [0.2, 0.25) is 0 Å². The number of hydrogen-bond donors (Lipinski definition) is 1. The number of rotatable bonds is 5. The number of aliphatic hydroxyl groups is 1. The maximum absolute atomic E-state index is 12.9. The summed E-state index contributed by atoms with van der Waals surface area (Å²) in [5.41, 5.74) is 3.86. The third-order valence-electron chi connectivity index (χ3n) is 5.03. The first-order chi connectivity index (χ1) is 12.8. The van der Waals surface area contributed by atoms with Gasteiger partial charge in [0, 0.05) is 12.1 Å². The zero-order chi connectivity index (χ0) is 19.7. The van der Waals surface area contributed by atoms with Gasteiger partial charge in [-0.2, -0.15) is 0 Å². The lowest BCUT2D eigenvalue weighted by atomic mass is 9.93. The molecule has 0 radical (unpaired) electrons. The van der Waals surface area contributed by atoms with Crippen LogP contribution in [0.5, 0.6) is 0 Å². The molecule has 0 aromatic heterocycles. The number of aliphatic hydroxyl groups excluding tert-OH is 1. The van der Waals surface area contributed by atoms with Gasteiger partial charge in [0.25, 0.3) is 5.91 Å². The minimum absolute atomic E-state index is 0.182.